The van der Waals surface area contributed by atoms with Crippen LogP contribution in [-0.4, -0.2) is 27.7 Å². The van der Waals surface area contributed by atoms with E-state index in [1.54, 1.807) is 6.07 Å². The fourth-order valence-electron chi connectivity index (χ4n) is 2.57. The lowest BCUT2D eigenvalue weighted by Crippen LogP contribution is -2.26. The molecule has 0 fully saturated rings. The molecule has 0 saturated carbocycles. The third-order valence-electron chi connectivity index (χ3n) is 4.00. The highest BCUT2D eigenvalue weighted by Gasteiger charge is 2.14. The summed E-state index contributed by atoms with van der Waals surface area (Å²) in [5, 5.41) is 10.6. The lowest BCUT2D eigenvalue weighted by molar-refractivity contribution is 0.0944. The third-order valence-corrected chi connectivity index (χ3v) is 4.52. The van der Waals surface area contributed by atoms with Gasteiger partial charge in [-0.25, -0.2) is 0 Å². The Morgan fingerprint density at radius 2 is 1.75 bits per heavy atom. The number of halogens is 1. The molecule has 28 heavy (non-hydrogen) atoms. The average molecular weight is 439 g/mol. The van der Waals surface area contributed by atoms with E-state index in [1.807, 2.05) is 54.6 Å². The van der Waals surface area contributed by atoms with Crippen LogP contribution >= 0.6 is 15.9 Å². The Balaban J connectivity index is 1.33. The zero-order valence-corrected chi connectivity index (χ0v) is 16.2. The number of hydrogen-bond acceptors (Lipinski definition) is 6. The van der Waals surface area contributed by atoms with Gasteiger partial charge in [0, 0.05) is 34.6 Å². The van der Waals surface area contributed by atoms with Crippen molar-refractivity contribution in [3.63, 3.8) is 0 Å². The van der Waals surface area contributed by atoms with Crippen molar-refractivity contribution in [3.8, 4) is 22.7 Å². The van der Waals surface area contributed by atoms with Gasteiger partial charge >= 0.3 is 0 Å². The van der Waals surface area contributed by atoms with E-state index in [-0.39, 0.29) is 11.6 Å². The highest BCUT2D eigenvalue weighted by atomic mass is 79.9. The zero-order chi connectivity index (χ0) is 19.3. The Hall–Kier alpha value is -3.26. The topological polar surface area (TPSA) is 94.1 Å². The second kappa shape index (κ2) is 8.18. The Labute approximate surface area is 168 Å². The monoisotopic (exact) mass is 438 g/mol. The predicted octanol–water partition coefficient (Wildman–Crippen LogP) is 4.13. The van der Waals surface area contributed by atoms with E-state index >= 15 is 0 Å². The first-order valence-electron chi connectivity index (χ1n) is 8.58. The van der Waals surface area contributed by atoms with Gasteiger partial charge in [-0.2, -0.15) is 4.98 Å². The lowest BCUT2D eigenvalue weighted by Gasteiger charge is -1.99. The molecule has 4 aromatic rings. The summed E-state index contributed by atoms with van der Waals surface area (Å²) in [5.41, 5.74) is 1.94. The minimum absolute atomic E-state index is 0.216. The van der Waals surface area contributed by atoms with Crippen LogP contribution in [0.3, 0.4) is 0 Å². The van der Waals surface area contributed by atoms with Crippen molar-refractivity contribution in [2.45, 2.75) is 6.42 Å². The molecule has 140 valence electrons. The van der Waals surface area contributed by atoms with Crippen LogP contribution in [0.5, 0.6) is 0 Å². The number of carbonyl (C=O) groups excluding carboxylic acids is 1. The van der Waals surface area contributed by atoms with Crippen molar-refractivity contribution in [1.82, 2.24) is 20.6 Å². The van der Waals surface area contributed by atoms with Gasteiger partial charge < -0.3 is 14.4 Å². The highest BCUT2D eigenvalue weighted by molar-refractivity contribution is 9.10. The normalized spacial score (nSPS) is 10.8. The highest BCUT2D eigenvalue weighted by Crippen LogP contribution is 2.22. The quantitative estimate of drug-likeness (QED) is 0.486. The molecule has 2 aromatic carbocycles. The molecule has 4 rings (SSSR count). The molecule has 2 aromatic heterocycles. The van der Waals surface area contributed by atoms with Gasteiger partial charge in [-0.05, 0) is 12.1 Å². The molecule has 0 aliphatic carbocycles. The summed E-state index contributed by atoms with van der Waals surface area (Å²) in [4.78, 5) is 16.6. The van der Waals surface area contributed by atoms with Crippen LogP contribution < -0.4 is 5.32 Å². The smallest absolute Gasteiger partial charge is 0.273 e. The van der Waals surface area contributed by atoms with Gasteiger partial charge in [0.15, 0.2) is 11.5 Å². The summed E-state index contributed by atoms with van der Waals surface area (Å²) in [6.45, 7) is 0.343. The summed E-state index contributed by atoms with van der Waals surface area (Å²) in [6, 6.07) is 18.7. The maximum Gasteiger partial charge on any atom is 0.273 e. The van der Waals surface area contributed by atoms with Crippen LogP contribution in [0.2, 0.25) is 0 Å². The number of benzene rings is 2. The number of hydrogen-bond donors (Lipinski definition) is 1. The van der Waals surface area contributed by atoms with E-state index in [2.05, 4.69) is 36.5 Å². The second-order valence-corrected chi connectivity index (χ2v) is 6.88. The SMILES string of the molecule is O=C(NCCc1nc(-c2ccccc2)no1)c1cc(-c2ccc(Br)cc2)on1. The van der Waals surface area contributed by atoms with Crippen molar-refractivity contribution in [3.05, 3.63) is 76.7 Å². The molecule has 8 heteroatoms. The van der Waals surface area contributed by atoms with E-state index in [0.717, 1.165) is 15.6 Å². The van der Waals surface area contributed by atoms with Gasteiger partial charge in [0.05, 0.1) is 0 Å². The fraction of sp³-hybridized carbons (Fsp3) is 0.100. The van der Waals surface area contributed by atoms with Crippen LogP contribution in [0.4, 0.5) is 0 Å². The number of aromatic nitrogens is 3. The Kier molecular flexibility index (Phi) is 5.29. The fourth-order valence-corrected chi connectivity index (χ4v) is 2.83. The largest absolute Gasteiger partial charge is 0.355 e. The molecular weight excluding hydrogens is 424 g/mol. The van der Waals surface area contributed by atoms with Crippen LogP contribution in [0, 0.1) is 0 Å². The van der Waals surface area contributed by atoms with Crippen molar-refractivity contribution in [2.75, 3.05) is 6.54 Å². The van der Waals surface area contributed by atoms with E-state index in [1.165, 1.54) is 0 Å². The zero-order valence-electron chi connectivity index (χ0n) is 14.6. The first-order valence-corrected chi connectivity index (χ1v) is 9.37. The van der Waals surface area contributed by atoms with Crippen molar-refractivity contribution < 1.29 is 13.8 Å². The molecule has 2 heterocycles. The van der Waals surface area contributed by atoms with Crippen molar-refractivity contribution >= 4 is 21.8 Å². The molecule has 0 aliphatic rings. The van der Waals surface area contributed by atoms with Gasteiger partial charge in [-0.3, -0.25) is 4.79 Å². The van der Waals surface area contributed by atoms with Gasteiger partial charge in [-0.1, -0.05) is 68.7 Å². The van der Waals surface area contributed by atoms with Crippen molar-refractivity contribution in [1.29, 1.82) is 0 Å². The lowest BCUT2D eigenvalue weighted by atomic mass is 10.1. The number of nitrogens with zero attached hydrogens (tertiary/aromatic N) is 3. The van der Waals surface area contributed by atoms with Crippen LogP contribution in [0.15, 0.2) is 74.2 Å². The molecule has 0 atom stereocenters. The summed E-state index contributed by atoms with van der Waals surface area (Å²) >= 11 is 3.38. The molecule has 0 bridgehead atoms. The molecule has 0 saturated heterocycles. The second-order valence-electron chi connectivity index (χ2n) is 5.97. The molecule has 1 amide bonds. The summed E-state index contributed by atoms with van der Waals surface area (Å²) in [6.07, 6.45) is 0.420. The minimum Gasteiger partial charge on any atom is -0.355 e. The molecule has 0 spiro atoms. The predicted molar refractivity (Wildman–Crippen MR) is 105 cm³/mol. The Morgan fingerprint density at radius 1 is 0.964 bits per heavy atom. The van der Waals surface area contributed by atoms with Crippen molar-refractivity contribution in [2.24, 2.45) is 0 Å². The van der Waals surface area contributed by atoms with Crippen LogP contribution in [-0.2, 0) is 6.42 Å². The maximum absolute atomic E-state index is 12.3. The first-order chi connectivity index (χ1) is 13.7. The molecule has 0 radical (unpaired) electrons. The maximum atomic E-state index is 12.3. The van der Waals surface area contributed by atoms with Gasteiger partial charge in [-0.15, -0.1) is 0 Å². The molecule has 0 unspecified atom stereocenters. The van der Waals surface area contributed by atoms with Gasteiger partial charge in [0.1, 0.15) is 0 Å². The first kappa shape index (κ1) is 18.1. The van der Waals surface area contributed by atoms with Crippen LogP contribution in [0.1, 0.15) is 16.4 Å². The summed E-state index contributed by atoms with van der Waals surface area (Å²) < 4.78 is 11.5. The standard InChI is InChI=1S/C20H15BrN4O3/c21-15-8-6-13(7-9-15)17-12-16(24-27-17)20(26)22-11-10-18-23-19(25-28-18)14-4-2-1-3-5-14/h1-9,12H,10-11H2,(H,22,26). The summed E-state index contributed by atoms with van der Waals surface area (Å²) in [5.74, 6) is 1.18. The number of amides is 1. The summed E-state index contributed by atoms with van der Waals surface area (Å²) in [7, 11) is 0. The minimum atomic E-state index is -0.324. The van der Waals surface area contributed by atoms with Gasteiger partial charge in [0.25, 0.3) is 5.91 Å². The van der Waals surface area contributed by atoms with E-state index in [4.69, 9.17) is 9.05 Å². The Bertz CT molecular complexity index is 1070. The number of carbonyl (C=O) groups is 1. The molecule has 7 nitrogen and oxygen atoms in total. The molecule has 1 N–H and O–H groups in total. The molecular formula is C20H15BrN4O3. The van der Waals surface area contributed by atoms with Gasteiger partial charge in [0.2, 0.25) is 11.7 Å². The van der Waals surface area contributed by atoms with E-state index < -0.39 is 0 Å². The van der Waals surface area contributed by atoms with E-state index in [0.29, 0.717) is 30.4 Å². The van der Waals surface area contributed by atoms with Crippen LogP contribution in [0.25, 0.3) is 22.7 Å². The Morgan fingerprint density at radius 3 is 2.54 bits per heavy atom. The van der Waals surface area contributed by atoms with E-state index in [9.17, 15) is 4.79 Å². The number of nitrogens with one attached hydrogen (secondary N) is 1. The third kappa shape index (κ3) is 4.17. The average Bonchev–Trinajstić information content (AvgIpc) is 3.39. The molecule has 0 aliphatic heterocycles. The number of rotatable bonds is 6.